The van der Waals surface area contributed by atoms with Crippen LogP contribution in [0.25, 0.3) is 33.4 Å². The van der Waals surface area contributed by atoms with E-state index in [1.54, 1.807) is 0 Å². The van der Waals surface area contributed by atoms with Crippen LogP contribution in [0.3, 0.4) is 0 Å². The zero-order valence-electron chi connectivity index (χ0n) is 27.3. The largest absolute Gasteiger partial charge is 0.493 e. The number of hydrogen-bond donors (Lipinski definition) is 0. The Morgan fingerprint density at radius 2 is 0.977 bits per heavy atom. The van der Waals surface area contributed by atoms with Gasteiger partial charge in [-0.25, -0.2) is 0 Å². The lowest BCUT2D eigenvalue weighted by Crippen LogP contribution is -2.00. The Hall–Kier alpha value is -3.32. The molecule has 4 aromatic carbocycles. The number of rotatable bonds is 20. The topological polar surface area (TPSA) is 9.23 Å². The third kappa shape index (κ3) is 9.34. The van der Waals surface area contributed by atoms with Crippen LogP contribution in [0.1, 0.15) is 121 Å². The van der Waals surface area contributed by atoms with Gasteiger partial charge in [0.15, 0.2) is 0 Å². The number of ether oxygens (including phenoxy) is 1. The Bertz CT molecular complexity index is 1390. The minimum Gasteiger partial charge on any atom is -0.493 e. The lowest BCUT2D eigenvalue weighted by molar-refractivity contribution is 0.305. The molecule has 232 valence electrons. The molecule has 1 aliphatic carbocycles. The minimum absolute atomic E-state index is 0.789. The molecule has 0 spiro atoms. The van der Waals surface area contributed by atoms with Gasteiger partial charge >= 0.3 is 0 Å². The van der Waals surface area contributed by atoms with Crippen molar-refractivity contribution in [3.05, 3.63) is 102 Å². The zero-order valence-corrected chi connectivity index (χ0v) is 27.3. The molecule has 1 nitrogen and oxygen atoms in total. The maximum Gasteiger partial charge on any atom is 0.128 e. The van der Waals surface area contributed by atoms with Gasteiger partial charge in [-0.2, -0.15) is 0 Å². The summed E-state index contributed by atoms with van der Waals surface area (Å²) in [5.74, 6) is 1.05. The van der Waals surface area contributed by atoms with E-state index in [1.807, 2.05) is 0 Å². The second-order valence-electron chi connectivity index (χ2n) is 12.9. The van der Waals surface area contributed by atoms with Gasteiger partial charge in [-0.1, -0.05) is 176 Å². The van der Waals surface area contributed by atoms with E-state index in [4.69, 9.17) is 4.74 Å². The number of fused-ring (bicyclic) bond motifs is 3. The first-order chi connectivity index (χ1) is 21.8. The summed E-state index contributed by atoms with van der Waals surface area (Å²) in [6.45, 7) is 3.09. The first-order valence-electron chi connectivity index (χ1n) is 17.9. The third-order valence-electron chi connectivity index (χ3n) is 9.41. The minimum atomic E-state index is 0.789. The summed E-state index contributed by atoms with van der Waals surface area (Å²) in [6.07, 6.45) is 23.2. The van der Waals surface area contributed by atoms with Gasteiger partial charge in [-0.05, 0) is 70.0 Å². The highest BCUT2D eigenvalue weighted by atomic mass is 16.5. The van der Waals surface area contributed by atoms with Gasteiger partial charge in [0.25, 0.3) is 0 Å². The number of hydrogen-bond acceptors (Lipinski definition) is 1. The molecule has 0 amide bonds. The SMILES string of the molecule is CCCCCCCCCCCCCCCCCCOc1cc(-c2ccccc2)cc2c1-c1cc(-c3ccccc3)ccc1C2. The maximum atomic E-state index is 6.63. The Balaban J connectivity index is 1.09. The van der Waals surface area contributed by atoms with Crippen LogP contribution < -0.4 is 4.74 Å². The van der Waals surface area contributed by atoms with Crippen molar-refractivity contribution in [1.82, 2.24) is 0 Å². The predicted octanol–water partition coefficient (Wildman–Crippen LogP) is 13.2. The van der Waals surface area contributed by atoms with Crippen molar-refractivity contribution in [2.75, 3.05) is 6.61 Å². The summed E-state index contributed by atoms with van der Waals surface area (Å²) in [4.78, 5) is 0. The van der Waals surface area contributed by atoms with Crippen LogP contribution in [0.2, 0.25) is 0 Å². The molecule has 0 N–H and O–H groups in total. The predicted molar refractivity (Wildman–Crippen MR) is 191 cm³/mol. The second-order valence-corrected chi connectivity index (χ2v) is 12.9. The summed E-state index contributed by atoms with van der Waals surface area (Å²) < 4.78 is 6.63. The van der Waals surface area contributed by atoms with Gasteiger partial charge in [0, 0.05) is 5.56 Å². The normalized spacial score (nSPS) is 11.8. The van der Waals surface area contributed by atoms with E-state index in [1.165, 1.54) is 141 Å². The zero-order chi connectivity index (χ0) is 30.2. The molecular formula is C43H54O. The summed E-state index contributed by atoms with van der Waals surface area (Å²) >= 11 is 0. The Kier molecular flexibility index (Phi) is 13.0. The Labute approximate surface area is 268 Å². The third-order valence-corrected chi connectivity index (χ3v) is 9.41. The van der Waals surface area contributed by atoms with Crippen molar-refractivity contribution in [1.29, 1.82) is 0 Å². The lowest BCUT2D eigenvalue weighted by atomic mass is 9.96. The molecule has 0 saturated heterocycles. The fraction of sp³-hybridized carbons (Fsp3) is 0.442. The van der Waals surface area contributed by atoms with Crippen LogP contribution in [-0.4, -0.2) is 6.61 Å². The van der Waals surface area contributed by atoms with E-state index < -0.39 is 0 Å². The number of unbranched alkanes of at least 4 members (excludes halogenated alkanes) is 15. The van der Waals surface area contributed by atoms with E-state index >= 15 is 0 Å². The maximum absolute atomic E-state index is 6.63. The van der Waals surface area contributed by atoms with Crippen LogP contribution in [0.15, 0.2) is 91.0 Å². The molecule has 0 bridgehead atoms. The van der Waals surface area contributed by atoms with Gasteiger partial charge in [0.1, 0.15) is 5.75 Å². The first-order valence-corrected chi connectivity index (χ1v) is 17.9. The van der Waals surface area contributed by atoms with Crippen molar-refractivity contribution in [2.45, 2.75) is 116 Å². The van der Waals surface area contributed by atoms with Gasteiger partial charge in [0.2, 0.25) is 0 Å². The summed E-state index contributed by atoms with van der Waals surface area (Å²) in [7, 11) is 0. The van der Waals surface area contributed by atoms with E-state index in [2.05, 4.69) is 97.9 Å². The molecule has 5 rings (SSSR count). The van der Waals surface area contributed by atoms with Crippen molar-refractivity contribution in [2.24, 2.45) is 0 Å². The second kappa shape index (κ2) is 17.8. The van der Waals surface area contributed by atoms with Crippen molar-refractivity contribution in [3.8, 4) is 39.1 Å². The molecule has 0 radical (unpaired) electrons. The van der Waals surface area contributed by atoms with Crippen molar-refractivity contribution >= 4 is 0 Å². The highest BCUT2D eigenvalue weighted by Crippen LogP contribution is 2.46. The fourth-order valence-corrected chi connectivity index (χ4v) is 6.84. The summed E-state index contributed by atoms with van der Waals surface area (Å²) in [5, 5.41) is 0. The number of benzene rings is 4. The average molecular weight is 587 g/mol. The van der Waals surface area contributed by atoms with Crippen molar-refractivity contribution in [3.63, 3.8) is 0 Å². The standard InChI is InChI=1S/C43H54O/c1-2-3-4-5-6-7-8-9-10-11-12-13-14-15-16-23-30-44-42-34-39(36-26-21-18-22-27-36)32-40-31-38-29-28-37(33-41(38)43(40)42)35-24-19-17-20-25-35/h17-22,24-29,32-34H,2-16,23,30-31H2,1H3. The van der Waals surface area contributed by atoms with Gasteiger partial charge in [-0.3, -0.25) is 0 Å². The van der Waals surface area contributed by atoms with Gasteiger partial charge < -0.3 is 4.74 Å². The molecular weight excluding hydrogens is 532 g/mol. The molecule has 1 heteroatoms. The molecule has 44 heavy (non-hydrogen) atoms. The van der Waals surface area contributed by atoms with Crippen LogP contribution in [-0.2, 0) is 6.42 Å². The molecule has 0 fully saturated rings. The molecule has 0 unspecified atom stereocenters. The van der Waals surface area contributed by atoms with Crippen molar-refractivity contribution < 1.29 is 4.74 Å². The van der Waals surface area contributed by atoms with Gasteiger partial charge in [0.05, 0.1) is 6.61 Å². The van der Waals surface area contributed by atoms with E-state index in [0.717, 1.165) is 25.2 Å². The van der Waals surface area contributed by atoms with E-state index in [-0.39, 0.29) is 0 Å². The molecule has 1 aliphatic rings. The molecule has 0 saturated carbocycles. The fourth-order valence-electron chi connectivity index (χ4n) is 6.84. The van der Waals surface area contributed by atoms with Crippen LogP contribution in [0, 0.1) is 0 Å². The smallest absolute Gasteiger partial charge is 0.128 e. The van der Waals surface area contributed by atoms with Crippen LogP contribution >= 0.6 is 0 Å². The van der Waals surface area contributed by atoms with E-state index in [0.29, 0.717) is 0 Å². The Morgan fingerprint density at radius 3 is 1.55 bits per heavy atom. The molecule has 0 atom stereocenters. The highest BCUT2D eigenvalue weighted by Gasteiger charge is 2.24. The van der Waals surface area contributed by atoms with Crippen LogP contribution in [0.4, 0.5) is 0 Å². The average Bonchev–Trinajstić information content (AvgIpc) is 3.45. The molecule has 0 heterocycles. The first kappa shape index (κ1) is 32.1. The van der Waals surface area contributed by atoms with E-state index in [9.17, 15) is 0 Å². The molecule has 0 aliphatic heterocycles. The van der Waals surface area contributed by atoms with Crippen LogP contribution in [0.5, 0.6) is 5.75 Å². The quantitative estimate of drug-likeness (QED) is 0.0824. The van der Waals surface area contributed by atoms with Gasteiger partial charge in [-0.15, -0.1) is 0 Å². The highest BCUT2D eigenvalue weighted by molar-refractivity contribution is 5.87. The monoisotopic (exact) mass is 586 g/mol. The molecule has 4 aromatic rings. The summed E-state index contributed by atoms with van der Waals surface area (Å²) in [6, 6.07) is 33.1. The molecule has 0 aromatic heterocycles. The lowest BCUT2D eigenvalue weighted by Gasteiger charge is -2.15. The Morgan fingerprint density at radius 1 is 0.455 bits per heavy atom. The summed E-state index contributed by atoms with van der Waals surface area (Å²) in [5.41, 5.74) is 10.5.